The van der Waals surface area contributed by atoms with Crippen molar-refractivity contribution >= 4 is 55.7 Å². The maximum absolute atomic E-state index is 14.5. The first-order chi connectivity index (χ1) is 21.0. The summed E-state index contributed by atoms with van der Waals surface area (Å²) in [6.07, 6.45) is 1.21. The lowest BCUT2D eigenvalue weighted by Crippen LogP contribution is -2.37. The Balaban J connectivity index is 1.45. The zero-order chi connectivity index (χ0) is 31.5. The highest BCUT2D eigenvalue weighted by Gasteiger charge is 2.61. The van der Waals surface area contributed by atoms with E-state index in [4.69, 9.17) is 14.3 Å². The molecule has 0 unspecified atom stereocenters. The molecule has 2 aromatic carbocycles. The van der Waals surface area contributed by atoms with Gasteiger partial charge in [-0.3, -0.25) is 14.4 Å². The van der Waals surface area contributed by atoms with E-state index in [1.165, 1.54) is 18.4 Å². The number of carbonyl (C=O) groups is 3. The summed E-state index contributed by atoms with van der Waals surface area (Å²) in [6, 6.07) is 11.9. The fraction of sp³-hybridized carbons (Fsp3) is 0.424. The zero-order valence-corrected chi connectivity index (χ0v) is 27.7. The van der Waals surface area contributed by atoms with E-state index in [-0.39, 0.29) is 16.9 Å². The summed E-state index contributed by atoms with van der Waals surface area (Å²) < 4.78 is 11.3. The van der Waals surface area contributed by atoms with Gasteiger partial charge < -0.3 is 14.6 Å². The molecule has 1 aliphatic carbocycles. The van der Waals surface area contributed by atoms with Crippen LogP contribution in [0.2, 0.25) is 0 Å². The summed E-state index contributed by atoms with van der Waals surface area (Å²) >= 11 is 4.75. The zero-order valence-electron chi connectivity index (χ0n) is 25.3. The number of esters is 1. The summed E-state index contributed by atoms with van der Waals surface area (Å²) in [4.78, 5) is 50.3. The number of fused-ring (bicyclic) bond motifs is 2. The molecule has 2 saturated heterocycles. The van der Waals surface area contributed by atoms with Crippen LogP contribution in [0.1, 0.15) is 66.5 Å². The smallest absolute Gasteiger partial charge is 0.341 e. The number of methoxy groups -OCH3 is 1. The first-order valence-corrected chi connectivity index (χ1v) is 16.3. The van der Waals surface area contributed by atoms with Crippen molar-refractivity contribution in [2.75, 3.05) is 23.7 Å². The first kappa shape index (κ1) is 30.6. The number of ether oxygens (including phenoxy) is 2. The molecular formula is C33H35BrN2O7S. The highest BCUT2D eigenvalue weighted by Crippen LogP contribution is 2.52. The summed E-state index contributed by atoms with van der Waals surface area (Å²) in [5, 5.41) is 12.5. The molecule has 9 nitrogen and oxygen atoms in total. The van der Waals surface area contributed by atoms with E-state index in [1.807, 2.05) is 37.3 Å². The van der Waals surface area contributed by atoms with Crippen molar-refractivity contribution in [1.29, 1.82) is 0 Å². The fourth-order valence-corrected chi connectivity index (χ4v) is 8.45. The molecule has 0 saturated carbocycles. The number of benzene rings is 2. The number of hydroxylamine groups is 1. The molecule has 11 heteroatoms. The number of carbonyl (C=O) groups excluding carboxylic acids is 3. The van der Waals surface area contributed by atoms with Crippen molar-refractivity contribution in [1.82, 2.24) is 0 Å². The van der Waals surface area contributed by atoms with E-state index in [2.05, 4.69) is 36.7 Å². The van der Waals surface area contributed by atoms with Gasteiger partial charge >= 0.3 is 5.97 Å². The van der Waals surface area contributed by atoms with Crippen molar-refractivity contribution in [2.45, 2.75) is 59.1 Å². The molecule has 1 aromatic heterocycles. The number of thiophene rings is 1. The normalized spacial score (nSPS) is 23.1. The number of phenolic OH excluding ortho intramolecular Hbond substituents is 1. The van der Waals surface area contributed by atoms with E-state index in [9.17, 15) is 19.5 Å². The molecule has 2 fully saturated rings. The van der Waals surface area contributed by atoms with Crippen molar-refractivity contribution in [3.05, 3.63) is 68.5 Å². The third kappa shape index (κ3) is 4.98. The number of nitrogens with zero attached hydrogens (tertiary/aromatic N) is 2. The van der Waals surface area contributed by atoms with Crippen molar-refractivity contribution in [3.63, 3.8) is 0 Å². The standard InChI is InChI=1S/C33H35BrN2O7S/c1-6-42-22-15-17(14-21(34)27(22)37)26-25-28(43-36(26)19-10-8-7-9-11-19)30(39)35(29(25)38)31-24(32(40)41-5)20-13-12-18(33(2,3)4)16-23(20)44-31/h7-11,14-15,18,25-26,28,37H,6,12-13,16H2,1-5H3/t18-,25-,26+,28+/m1/s1. The van der Waals surface area contributed by atoms with Crippen LogP contribution in [0, 0.1) is 17.3 Å². The minimum atomic E-state index is -1.12. The van der Waals surface area contributed by atoms with Crippen LogP contribution in [0.3, 0.4) is 0 Å². The lowest BCUT2D eigenvalue weighted by Gasteiger charge is -2.33. The van der Waals surface area contributed by atoms with Crippen LogP contribution in [0.25, 0.3) is 0 Å². The molecule has 0 spiro atoms. The largest absolute Gasteiger partial charge is 0.503 e. The molecular weight excluding hydrogens is 648 g/mol. The van der Waals surface area contributed by atoms with E-state index in [0.29, 0.717) is 45.2 Å². The molecule has 3 heterocycles. The number of para-hydroxylation sites is 1. The number of phenols is 1. The van der Waals surface area contributed by atoms with Gasteiger partial charge in [-0.25, -0.2) is 14.8 Å². The molecule has 6 rings (SSSR count). The maximum atomic E-state index is 14.5. The number of hydrogen-bond acceptors (Lipinski definition) is 9. The first-order valence-electron chi connectivity index (χ1n) is 14.7. The second kappa shape index (κ2) is 11.5. The van der Waals surface area contributed by atoms with Gasteiger partial charge in [0, 0.05) is 4.88 Å². The maximum Gasteiger partial charge on any atom is 0.341 e. The second-order valence-electron chi connectivity index (χ2n) is 12.4. The van der Waals surface area contributed by atoms with Crippen LogP contribution in [0.4, 0.5) is 10.7 Å². The quantitative estimate of drug-likeness (QED) is 0.229. The SMILES string of the molecule is CCOc1cc([C@H]2[C@H]3C(=O)N(c4sc5c(c4C(=O)OC)CC[C@@H](C(C)(C)C)C5)C(=O)[C@H]3ON2c2ccccc2)cc(Br)c1O. The minimum Gasteiger partial charge on any atom is -0.503 e. The average molecular weight is 684 g/mol. The van der Waals surface area contributed by atoms with Crippen LogP contribution in [0.15, 0.2) is 46.9 Å². The van der Waals surface area contributed by atoms with Crippen molar-refractivity contribution < 1.29 is 33.8 Å². The Labute approximate surface area is 268 Å². The fourth-order valence-electron chi connectivity index (χ4n) is 6.56. The monoisotopic (exact) mass is 682 g/mol. The number of imide groups is 1. The van der Waals surface area contributed by atoms with Crippen LogP contribution in [-0.2, 0) is 32.0 Å². The van der Waals surface area contributed by atoms with Gasteiger partial charge in [-0.15, -0.1) is 11.3 Å². The molecule has 3 aromatic rings. The van der Waals surface area contributed by atoms with Crippen LogP contribution < -0.4 is 14.7 Å². The summed E-state index contributed by atoms with van der Waals surface area (Å²) in [7, 11) is 1.31. The molecule has 0 radical (unpaired) electrons. The summed E-state index contributed by atoms with van der Waals surface area (Å²) in [5.74, 6) is -1.89. The van der Waals surface area contributed by atoms with Gasteiger partial charge in [-0.05, 0) is 88.8 Å². The Hall–Kier alpha value is -3.41. The number of halogens is 1. The Morgan fingerprint density at radius 2 is 1.89 bits per heavy atom. The predicted octanol–water partition coefficient (Wildman–Crippen LogP) is 6.60. The van der Waals surface area contributed by atoms with E-state index < -0.39 is 35.8 Å². The van der Waals surface area contributed by atoms with Gasteiger partial charge in [0.1, 0.15) is 10.9 Å². The minimum absolute atomic E-state index is 0.0618. The Bertz CT molecular complexity index is 1630. The van der Waals surface area contributed by atoms with Gasteiger partial charge in [0.15, 0.2) is 17.6 Å². The van der Waals surface area contributed by atoms with E-state index in [1.54, 1.807) is 17.2 Å². The summed E-state index contributed by atoms with van der Waals surface area (Å²) in [6.45, 7) is 8.76. The lowest BCUT2D eigenvalue weighted by molar-refractivity contribution is -0.126. The van der Waals surface area contributed by atoms with E-state index in [0.717, 1.165) is 28.2 Å². The third-order valence-corrected chi connectivity index (χ3v) is 10.7. The average Bonchev–Trinajstić information content (AvgIpc) is 3.64. The van der Waals surface area contributed by atoms with Gasteiger partial charge in [0.25, 0.3) is 5.91 Å². The lowest BCUT2D eigenvalue weighted by atomic mass is 9.72. The molecule has 2 aliphatic heterocycles. The van der Waals surface area contributed by atoms with Crippen LogP contribution in [0.5, 0.6) is 11.5 Å². The molecule has 2 amide bonds. The van der Waals surface area contributed by atoms with Crippen LogP contribution >= 0.6 is 27.3 Å². The topological polar surface area (TPSA) is 106 Å². The van der Waals surface area contributed by atoms with Gasteiger partial charge in [-0.1, -0.05) is 39.0 Å². The van der Waals surface area contributed by atoms with Crippen molar-refractivity contribution in [3.8, 4) is 11.5 Å². The number of hydrogen-bond donors (Lipinski definition) is 1. The Kier molecular flexibility index (Phi) is 8.00. The molecule has 232 valence electrons. The second-order valence-corrected chi connectivity index (χ2v) is 14.4. The van der Waals surface area contributed by atoms with Gasteiger partial charge in [-0.2, -0.15) is 0 Å². The predicted molar refractivity (Wildman–Crippen MR) is 170 cm³/mol. The molecule has 4 atom stereocenters. The number of rotatable bonds is 6. The van der Waals surface area contributed by atoms with Crippen LogP contribution in [-0.4, -0.2) is 42.7 Å². The Morgan fingerprint density at radius 3 is 2.55 bits per heavy atom. The molecule has 0 bridgehead atoms. The highest BCUT2D eigenvalue weighted by molar-refractivity contribution is 9.10. The molecule has 1 N–H and O–H groups in total. The molecule has 44 heavy (non-hydrogen) atoms. The molecule has 3 aliphatic rings. The van der Waals surface area contributed by atoms with Gasteiger partial charge in [0.05, 0.1) is 35.5 Å². The number of amides is 2. The number of aromatic hydroxyl groups is 1. The van der Waals surface area contributed by atoms with Crippen molar-refractivity contribution in [2.24, 2.45) is 17.3 Å². The third-order valence-electron chi connectivity index (χ3n) is 8.88. The number of anilines is 2. The highest BCUT2D eigenvalue weighted by atomic mass is 79.9. The van der Waals surface area contributed by atoms with E-state index >= 15 is 0 Å². The summed E-state index contributed by atoms with van der Waals surface area (Å²) in [5.41, 5.74) is 2.51. The van der Waals surface area contributed by atoms with Gasteiger partial charge in [0.2, 0.25) is 5.91 Å². The Morgan fingerprint density at radius 1 is 1.16 bits per heavy atom.